The summed E-state index contributed by atoms with van der Waals surface area (Å²) >= 11 is -1.22. The molecule has 2 heterocycles. The normalized spacial score (nSPS) is 13.7. The molecule has 51 heavy (non-hydrogen) atoms. The van der Waals surface area contributed by atoms with E-state index >= 15 is 0 Å². The number of hydrogen-bond donors (Lipinski definition) is 1. The molecule has 0 spiro atoms. The molecular weight excluding hydrogens is 657 g/mol. The molecule has 4 aromatic rings. The second-order valence-corrected chi connectivity index (χ2v) is 15.2. The molecule has 3 aromatic carbocycles. The van der Waals surface area contributed by atoms with E-state index in [2.05, 4.69) is 84.7 Å². The van der Waals surface area contributed by atoms with Gasteiger partial charge in [-0.05, 0) is 127 Å². The first kappa shape index (κ1) is 38.2. The van der Waals surface area contributed by atoms with Gasteiger partial charge in [0, 0.05) is 43.2 Å². The lowest BCUT2D eigenvalue weighted by Crippen LogP contribution is -2.30. The average molecular weight is 711 g/mol. The van der Waals surface area contributed by atoms with Crippen molar-refractivity contribution in [1.82, 2.24) is 9.55 Å². The summed E-state index contributed by atoms with van der Waals surface area (Å²) in [6.45, 7) is 15.5. The smallest absolute Gasteiger partial charge is 0.251 e. The van der Waals surface area contributed by atoms with Crippen molar-refractivity contribution in [3.63, 3.8) is 0 Å². The van der Waals surface area contributed by atoms with Crippen molar-refractivity contribution in [3.05, 3.63) is 95.6 Å². The van der Waals surface area contributed by atoms with Gasteiger partial charge in [0.25, 0.3) is 5.91 Å². The van der Waals surface area contributed by atoms with Crippen LogP contribution in [0, 0.1) is 12.8 Å². The molecule has 1 unspecified atom stereocenters. The summed E-state index contributed by atoms with van der Waals surface area (Å²) in [4.78, 5) is 21.2. The molecule has 5 rings (SSSR count). The Morgan fingerprint density at radius 3 is 2.53 bits per heavy atom. The van der Waals surface area contributed by atoms with Gasteiger partial charge in [0.1, 0.15) is 12.4 Å². The molecule has 0 saturated heterocycles. The minimum atomic E-state index is -1.22. The first-order valence-corrected chi connectivity index (χ1v) is 19.8. The molecule has 272 valence electrons. The molecule has 0 bridgehead atoms. The molecule has 0 saturated carbocycles. The first-order valence-electron chi connectivity index (χ1n) is 18.5. The predicted molar refractivity (Wildman–Crippen MR) is 210 cm³/mol. The number of amides is 1. The summed E-state index contributed by atoms with van der Waals surface area (Å²) in [7, 11) is 0. The van der Waals surface area contributed by atoms with Crippen molar-refractivity contribution in [2.75, 3.05) is 43.1 Å². The van der Waals surface area contributed by atoms with Gasteiger partial charge >= 0.3 is 0 Å². The van der Waals surface area contributed by atoms with E-state index in [1.165, 1.54) is 5.56 Å². The third kappa shape index (κ3) is 10.7. The first-order chi connectivity index (χ1) is 24.7. The number of anilines is 2. The van der Waals surface area contributed by atoms with Crippen molar-refractivity contribution in [1.29, 1.82) is 0 Å². The third-order valence-electron chi connectivity index (χ3n) is 9.02. The second kappa shape index (κ2) is 19.0. The zero-order chi connectivity index (χ0) is 36.2. The van der Waals surface area contributed by atoms with Crippen LogP contribution < -0.4 is 15.0 Å². The second-order valence-electron chi connectivity index (χ2n) is 13.7. The number of imidazole rings is 1. The van der Waals surface area contributed by atoms with Gasteiger partial charge < -0.3 is 28.8 Å². The maximum Gasteiger partial charge on any atom is 0.251 e. The maximum atomic E-state index is 13.8. The van der Waals surface area contributed by atoms with Gasteiger partial charge in [-0.1, -0.05) is 46.2 Å². The fourth-order valence-electron chi connectivity index (χ4n) is 6.39. The van der Waals surface area contributed by atoms with Crippen LogP contribution in [-0.2, 0) is 33.0 Å². The fourth-order valence-corrected chi connectivity index (χ4v) is 7.50. The van der Waals surface area contributed by atoms with E-state index < -0.39 is 11.2 Å². The topological polar surface area (TPSA) is 91.7 Å². The van der Waals surface area contributed by atoms with Crippen molar-refractivity contribution in [3.8, 4) is 16.9 Å². The number of rotatable bonds is 17. The quantitative estimate of drug-likeness (QED) is 0.0869. The Morgan fingerprint density at radius 1 is 1.02 bits per heavy atom. The monoisotopic (exact) mass is 710 g/mol. The fraction of sp³-hybridized carbons (Fsp3) is 0.429. The number of aromatic nitrogens is 2. The van der Waals surface area contributed by atoms with Gasteiger partial charge in [-0.15, -0.1) is 0 Å². The minimum Gasteiger partial charge on any atom is -0.611 e. The lowest BCUT2D eigenvalue weighted by molar-refractivity contribution is -0.112. The number of aryl methyl sites for hydroxylation is 2. The average Bonchev–Trinajstić information content (AvgIpc) is 3.55. The van der Waals surface area contributed by atoms with Gasteiger partial charge in [-0.25, -0.2) is 4.98 Å². The zero-order valence-corrected chi connectivity index (χ0v) is 31.8. The largest absolute Gasteiger partial charge is 0.611 e. The van der Waals surface area contributed by atoms with Crippen molar-refractivity contribution in [2.45, 2.75) is 83.9 Å². The van der Waals surface area contributed by atoms with Gasteiger partial charge in [0.2, 0.25) is 0 Å². The van der Waals surface area contributed by atoms with Crippen LogP contribution in [0.2, 0.25) is 0 Å². The summed E-state index contributed by atoms with van der Waals surface area (Å²) in [5, 5.41) is 3.11. The summed E-state index contributed by atoms with van der Waals surface area (Å²) in [5.41, 5.74) is 8.01. The highest BCUT2D eigenvalue weighted by Gasteiger charge is 2.21. The number of nitrogens with zero attached hydrogens (tertiary/aromatic N) is 3. The predicted octanol–water partition coefficient (Wildman–Crippen LogP) is 9.05. The molecule has 1 amide bonds. The Hall–Kier alpha value is -4.05. The highest BCUT2D eigenvalue weighted by Crippen LogP contribution is 2.36. The number of hydrogen-bond acceptors (Lipinski definition) is 6. The molecule has 0 aliphatic carbocycles. The van der Waals surface area contributed by atoms with Crippen LogP contribution >= 0.6 is 0 Å². The molecule has 1 atom stereocenters. The molecule has 1 aromatic heterocycles. The summed E-state index contributed by atoms with van der Waals surface area (Å²) in [6.07, 6.45) is 10.4. The van der Waals surface area contributed by atoms with Crippen LogP contribution in [0.5, 0.6) is 5.75 Å². The molecule has 9 heteroatoms. The number of unbranched alkanes of at least 4 members (excludes halogenated alkanes) is 1. The standard InChI is InChI=1S/C42H54N4O4S/c1-6-8-21-49-22-23-50-38-15-11-33(12-16-38)40-26-35-25-34(10-9-20-45(28-31(3)4)41(35)24-32(40)5)42(47)44-36-13-17-39(18-14-36)51(48)29-37-27-43-30-46(37)19-7-2/h11-18,24-27,30-31H,6-10,19-23,28-29H2,1-5H3,(H,44,47). The maximum absolute atomic E-state index is 13.8. The van der Waals surface area contributed by atoms with Crippen molar-refractivity contribution < 1.29 is 18.8 Å². The number of carbonyl (C=O) groups excluding carboxylic acids is 1. The van der Waals surface area contributed by atoms with Gasteiger partial charge in [0.15, 0.2) is 10.6 Å². The van der Waals surface area contributed by atoms with Crippen LogP contribution in [0.1, 0.15) is 76.6 Å². The Labute approximate surface area is 307 Å². The van der Waals surface area contributed by atoms with E-state index in [1.807, 2.05) is 36.4 Å². The Morgan fingerprint density at radius 2 is 1.80 bits per heavy atom. The lowest BCUT2D eigenvalue weighted by atomic mass is 9.93. The third-order valence-corrected chi connectivity index (χ3v) is 10.4. The van der Waals surface area contributed by atoms with Crippen LogP contribution in [-0.4, -0.2) is 52.9 Å². The summed E-state index contributed by atoms with van der Waals surface area (Å²) < 4.78 is 26.7. The van der Waals surface area contributed by atoms with Crippen LogP contribution in [0.3, 0.4) is 0 Å². The Kier molecular flexibility index (Phi) is 14.2. The van der Waals surface area contributed by atoms with E-state index in [0.29, 0.717) is 37.0 Å². The Balaban J connectivity index is 1.33. The summed E-state index contributed by atoms with van der Waals surface area (Å²) in [6, 6.07) is 20.1. The molecule has 8 nitrogen and oxygen atoms in total. The Bertz CT molecular complexity index is 1730. The molecule has 1 aliphatic heterocycles. The van der Waals surface area contributed by atoms with Gasteiger partial charge in [-0.3, -0.25) is 4.79 Å². The van der Waals surface area contributed by atoms with Crippen LogP contribution in [0.4, 0.5) is 11.4 Å². The molecule has 1 N–H and O–H groups in total. The van der Waals surface area contributed by atoms with E-state index in [-0.39, 0.29) is 5.91 Å². The number of fused-ring (bicyclic) bond motifs is 1. The van der Waals surface area contributed by atoms with Crippen molar-refractivity contribution in [2.24, 2.45) is 5.92 Å². The zero-order valence-electron chi connectivity index (χ0n) is 31.0. The van der Waals surface area contributed by atoms with E-state index in [4.69, 9.17) is 9.47 Å². The van der Waals surface area contributed by atoms with Gasteiger partial charge in [-0.2, -0.15) is 0 Å². The van der Waals surface area contributed by atoms with E-state index in [1.54, 1.807) is 12.5 Å². The van der Waals surface area contributed by atoms with Crippen LogP contribution in [0.25, 0.3) is 17.2 Å². The van der Waals surface area contributed by atoms with E-state index in [0.717, 1.165) is 96.2 Å². The highest BCUT2D eigenvalue weighted by atomic mass is 32.2. The lowest BCUT2D eigenvalue weighted by Gasteiger charge is -2.31. The molecule has 1 aliphatic rings. The summed E-state index contributed by atoms with van der Waals surface area (Å²) in [5.74, 6) is 1.62. The number of nitrogens with one attached hydrogen (secondary N) is 1. The highest BCUT2D eigenvalue weighted by molar-refractivity contribution is 7.90. The van der Waals surface area contributed by atoms with Crippen LogP contribution in [0.15, 0.2) is 83.7 Å². The number of benzene rings is 3. The minimum absolute atomic E-state index is 0.113. The molecule has 0 radical (unpaired) electrons. The van der Waals surface area contributed by atoms with E-state index in [9.17, 15) is 9.35 Å². The number of carbonyl (C=O) groups is 1. The van der Waals surface area contributed by atoms with Gasteiger partial charge in [0.05, 0.1) is 24.8 Å². The van der Waals surface area contributed by atoms with Crippen molar-refractivity contribution >= 4 is 34.5 Å². The SMILES string of the molecule is CCCCOCCOc1ccc(-c2cc3c(cc2C)N(CC(C)C)CCCC(C(=O)Nc2ccc([S+]([O-])Cc4cncn4CCC)cc2)=C3)cc1. The molecular formula is C42H54N4O4S. The number of ether oxygens (including phenoxy) is 2. The molecule has 0 fully saturated rings.